The summed E-state index contributed by atoms with van der Waals surface area (Å²) in [6.45, 7) is 8.92. The van der Waals surface area contributed by atoms with Crippen LogP contribution >= 0.6 is 23.1 Å². The Balaban J connectivity index is 1.97. The van der Waals surface area contributed by atoms with Gasteiger partial charge in [-0.15, -0.1) is 11.3 Å². The first-order chi connectivity index (χ1) is 10.00. The Morgan fingerprint density at radius 2 is 2.29 bits per heavy atom. The van der Waals surface area contributed by atoms with E-state index < -0.39 is 0 Å². The Bertz CT molecular complexity index is 616. The molecule has 116 valence electrons. The van der Waals surface area contributed by atoms with Gasteiger partial charge in [-0.25, -0.2) is 4.98 Å². The highest BCUT2D eigenvalue weighted by atomic mass is 32.2. The molecule has 1 unspecified atom stereocenters. The number of aromatic nitrogens is 2. The average Bonchev–Trinajstić information content (AvgIpc) is 3.00. The number of nitrogens with zero attached hydrogens (tertiary/aromatic N) is 3. The fourth-order valence-corrected chi connectivity index (χ4v) is 4.69. The summed E-state index contributed by atoms with van der Waals surface area (Å²) in [5, 5.41) is 2.10. The molecule has 1 aliphatic heterocycles. The summed E-state index contributed by atoms with van der Waals surface area (Å²) >= 11 is 3.75. The molecule has 2 N–H and O–H groups in total. The number of rotatable bonds is 4. The standard InChI is InChI=1S/C15H24N4S2/c1-4-11(16)9-12-13(17-14-19(12)6-7-20-14)18-5-8-21-15(2,3)10-18/h6-7,11H,4-5,8-10,16H2,1-3H3. The van der Waals surface area contributed by atoms with Crippen molar-refractivity contribution in [3.63, 3.8) is 0 Å². The minimum atomic E-state index is 0.204. The predicted molar refractivity (Wildman–Crippen MR) is 93.8 cm³/mol. The third kappa shape index (κ3) is 3.07. The molecule has 1 fully saturated rings. The van der Waals surface area contributed by atoms with Crippen LogP contribution in [0.1, 0.15) is 32.9 Å². The summed E-state index contributed by atoms with van der Waals surface area (Å²) in [5.74, 6) is 2.32. The first-order valence-corrected chi connectivity index (χ1v) is 9.45. The van der Waals surface area contributed by atoms with E-state index in [4.69, 9.17) is 10.7 Å². The van der Waals surface area contributed by atoms with Crippen molar-refractivity contribution < 1.29 is 0 Å². The van der Waals surface area contributed by atoms with Gasteiger partial charge in [0.15, 0.2) is 10.8 Å². The van der Waals surface area contributed by atoms with Crippen LogP contribution in [0.5, 0.6) is 0 Å². The van der Waals surface area contributed by atoms with Crippen molar-refractivity contribution in [2.24, 2.45) is 5.73 Å². The van der Waals surface area contributed by atoms with Gasteiger partial charge in [-0.2, -0.15) is 11.8 Å². The lowest BCUT2D eigenvalue weighted by Crippen LogP contribution is -2.44. The molecule has 21 heavy (non-hydrogen) atoms. The molecule has 0 saturated carbocycles. The zero-order valence-corrected chi connectivity index (χ0v) is 14.6. The van der Waals surface area contributed by atoms with Gasteiger partial charge < -0.3 is 10.6 Å². The Morgan fingerprint density at radius 3 is 3.00 bits per heavy atom. The highest BCUT2D eigenvalue weighted by Crippen LogP contribution is 2.34. The highest BCUT2D eigenvalue weighted by Gasteiger charge is 2.30. The van der Waals surface area contributed by atoms with Crippen LogP contribution in [0.3, 0.4) is 0 Å². The van der Waals surface area contributed by atoms with E-state index in [1.54, 1.807) is 11.3 Å². The number of hydrogen-bond donors (Lipinski definition) is 1. The normalized spacial score (nSPS) is 20.1. The van der Waals surface area contributed by atoms with E-state index in [0.717, 1.165) is 42.5 Å². The number of nitrogens with two attached hydrogens (primary N) is 1. The largest absolute Gasteiger partial charge is 0.353 e. The topological polar surface area (TPSA) is 46.6 Å². The van der Waals surface area contributed by atoms with Crippen LogP contribution in [0.15, 0.2) is 11.6 Å². The second kappa shape index (κ2) is 5.82. The van der Waals surface area contributed by atoms with Crippen LogP contribution in [0.4, 0.5) is 5.82 Å². The molecule has 3 rings (SSSR count). The first-order valence-electron chi connectivity index (χ1n) is 7.59. The van der Waals surface area contributed by atoms with Crippen molar-refractivity contribution in [1.82, 2.24) is 9.38 Å². The molecule has 0 amide bonds. The molecular weight excluding hydrogens is 300 g/mol. The van der Waals surface area contributed by atoms with Gasteiger partial charge in [-0.1, -0.05) is 6.92 Å². The number of fused-ring (bicyclic) bond motifs is 1. The van der Waals surface area contributed by atoms with Crippen LogP contribution in [-0.4, -0.2) is 39.0 Å². The minimum absolute atomic E-state index is 0.204. The third-order valence-corrected chi connectivity index (χ3v) is 6.10. The maximum absolute atomic E-state index is 6.22. The molecule has 2 aromatic rings. The number of thioether (sulfide) groups is 1. The number of hydrogen-bond acceptors (Lipinski definition) is 5. The molecule has 4 nitrogen and oxygen atoms in total. The van der Waals surface area contributed by atoms with E-state index in [-0.39, 0.29) is 6.04 Å². The van der Waals surface area contributed by atoms with Crippen LogP contribution < -0.4 is 10.6 Å². The predicted octanol–water partition coefficient (Wildman–Crippen LogP) is 3.01. The Morgan fingerprint density at radius 1 is 1.48 bits per heavy atom. The summed E-state index contributed by atoms with van der Waals surface area (Å²) in [7, 11) is 0. The van der Waals surface area contributed by atoms with E-state index in [0.29, 0.717) is 4.75 Å². The van der Waals surface area contributed by atoms with E-state index in [1.165, 1.54) is 5.69 Å². The van der Waals surface area contributed by atoms with E-state index in [1.807, 2.05) is 0 Å². The fraction of sp³-hybridized carbons (Fsp3) is 0.667. The van der Waals surface area contributed by atoms with Crippen molar-refractivity contribution in [3.05, 3.63) is 17.3 Å². The van der Waals surface area contributed by atoms with Crippen molar-refractivity contribution in [2.75, 3.05) is 23.7 Å². The van der Waals surface area contributed by atoms with Gasteiger partial charge in [0.1, 0.15) is 0 Å². The SMILES string of the molecule is CCC(N)Cc1c(N2CCSC(C)(C)C2)nc2sccn12. The van der Waals surface area contributed by atoms with Gasteiger partial charge in [0.2, 0.25) is 0 Å². The van der Waals surface area contributed by atoms with E-state index in [2.05, 4.69) is 53.4 Å². The van der Waals surface area contributed by atoms with E-state index in [9.17, 15) is 0 Å². The summed E-state index contributed by atoms with van der Waals surface area (Å²) in [5.41, 5.74) is 7.50. The molecule has 1 aliphatic rings. The smallest absolute Gasteiger partial charge is 0.195 e. The molecule has 1 atom stereocenters. The Labute approximate surface area is 134 Å². The lowest BCUT2D eigenvalue weighted by molar-refractivity contribution is 0.618. The molecule has 0 radical (unpaired) electrons. The van der Waals surface area contributed by atoms with Crippen molar-refractivity contribution in [2.45, 2.75) is 44.4 Å². The molecule has 1 saturated heterocycles. The zero-order chi connectivity index (χ0) is 15.0. The average molecular weight is 325 g/mol. The molecule has 0 bridgehead atoms. The Hall–Kier alpha value is -0.720. The van der Waals surface area contributed by atoms with Crippen LogP contribution in [0, 0.1) is 0 Å². The molecule has 2 aromatic heterocycles. The highest BCUT2D eigenvalue weighted by molar-refractivity contribution is 8.00. The van der Waals surface area contributed by atoms with E-state index >= 15 is 0 Å². The van der Waals surface area contributed by atoms with Crippen LogP contribution in [0.25, 0.3) is 4.96 Å². The van der Waals surface area contributed by atoms with Crippen molar-refractivity contribution >= 4 is 33.9 Å². The van der Waals surface area contributed by atoms with Crippen molar-refractivity contribution in [3.8, 4) is 0 Å². The molecular formula is C15H24N4S2. The maximum Gasteiger partial charge on any atom is 0.195 e. The van der Waals surface area contributed by atoms with Crippen LogP contribution in [0.2, 0.25) is 0 Å². The van der Waals surface area contributed by atoms with Gasteiger partial charge in [-0.05, 0) is 20.3 Å². The van der Waals surface area contributed by atoms with Gasteiger partial charge >= 0.3 is 0 Å². The maximum atomic E-state index is 6.22. The minimum Gasteiger partial charge on any atom is -0.353 e. The zero-order valence-electron chi connectivity index (χ0n) is 13.0. The van der Waals surface area contributed by atoms with Crippen LogP contribution in [-0.2, 0) is 6.42 Å². The molecule has 3 heterocycles. The van der Waals surface area contributed by atoms with Gasteiger partial charge in [0, 0.05) is 47.6 Å². The number of thiazole rings is 1. The van der Waals surface area contributed by atoms with Gasteiger partial charge in [-0.3, -0.25) is 4.40 Å². The lowest BCUT2D eigenvalue weighted by atomic mass is 10.1. The monoisotopic (exact) mass is 324 g/mol. The molecule has 0 spiro atoms. The second-order valence-corrected chi connectivity index (χ2v) is 9.01. The first kappa shape index (κ1) is 15.2. The summed E-state index contributed by atoms with van der Waals surface area (Å²) < 4.78 is 2.52. The second-order valence-electron chi connectivity index (χ2n) is 6.34. The van der Waals surface area contributed by atoms with Gasteiger partial charge in [0.05, 0.1) is 5.69 Å². The Kier molecular flexibility index (Phi) is 4.21. The number of anilines is 1. The molecule has 0 aliphatic carbocycles. The summed E-state index contributed by atoms with van der Waals surface area (Å²) in [6, 6.07) is 0.204. The quantitative estimate of drug-likeness (QED) is 0.939. The number of imidazole rings is 1. The molecule has 0 aromatic carbocycles. The molecule has 6 heteroatoms. The third-order valence-electron chi connectivity index (χ3n) is 4.05. The summed E-state index contributed by atoms with van der Waals surface area (Å²) in [6.07, 6.45) is 4.02. The lowest BCUT2D eigenvalue weighted by Gasteiger charge is -2.38. The summed E-state index contributed by atoms with van der Waals surface area (Å²) in [4.78, 5) is 8.43. The fourth-order valence-electron chi connectivity index (χ4n) is 2.85. The van der Waals surface area contributed by atoms with Crippen molar-refractivity contribution in [1.29, 1.82) is 0 Å². The van der Waals surface area contributed by atoms with Gasteiger partial charge in [0.25, 0.3) is 0 Å².